The Kier molecular flexibility index (Phi) is 13.8. The minimum atomic E-state index is 0.535. The van der Waals surface area contributed by atoms with Crippen LogP contribution in [0.5, 0.6) is 0 Å². The summed E-state index contributed by atoms with van der Waals surface area (Å²) in [7, 11) is 0. The third-order valence-electron chi connectivity index (χ3n) is 10.5. The summed E-state index contributed by atoms with van der Waals surface area (Å²) in [5.74, 6) is 6.45. The average molecular weight is 738 g/mol. The van der Waals surface area contributed by atoms with E-state index in [2.05, 4.69) is 186 Å². The highest BCUT2D eigenvalue weighted by molar-refractivity contribution is 6.14. The van der Waals surface area contributed by atoms with Gasteiger partial charge in [-0.25, -0.2) is 0 Å². The maximum absolute atomic E-state index is 8.54. The Morgan fingerprint density at radius 2 is 1.35 bits per heavy atom. The molecule has 2 aliphatic carbocycles. The lowest BCUT2D eigenvalue weighted by Gasteiger charge is -2.17. The van der Waals surface area contributed by atoms with E-state index in [-0.39, 0.29) is 0 Å². The summed E-state index contributed by atoms with van der Waals surface area (Å²) >= 11 is 0. The van der Waals surface area contributed by atoms with E-state index in [4.69, 9.17) is 5.41 Å². The first-order chi connectivity index (χ1) is 27.9. The molecule has 0 aromatic heterocycles. The van der Waals surface area contributed by atoms with Gasteiger partial charge in [-0.15, -0.1) is 0 Å². The van der Waals surface area contributed by atoms with E-state index in [1.807, 2.05) is 36.5 Å². The summed E-state index contributed by atoms with van der Waals surface area (Å²) in [6, 6.07) is 35.3. The molecule has 1 nitrogen and oxygen atoms in total. The summed E-state index contributed by atoms with van der Waals surface area (Å²) in [5.41, 5.74) is 17.7. The fourth-order valence-corrected chi connectivity index (χ4v) is 7.31. The van der Waals surface area contributed by atoms with Gasteiger partial charge in [0.05, 0.1) is 5.71 Å². The fraction of sp³-hybridized carbons (Fsp3) is 0.125. The number of benzene rings is 4. The topological polar surface area (TPSA) is 23.9 Å². The van der Waals surface area contributed by atoms with Gasteiger partial charge in [-0.2, -0.15) is 0 Å². The van der Waals surface area contributed by atoms with E-state index in [0.717, 1.165) is 91.6 Å². The lowest BCUT2D eigenvalue weighted by atomic mass is 9.87. The van der Waals surface area contributed by atoms with Crippen LogP contribution < -0.4 is 0 Å². The molecule has 57 heavy (non-hydrogen) atoms. The second-order valence-corrected chi connectivity index (χ2v) is 14.0. The van der Waals surface area contributed by atoms with Crippen molar-refractivity contribution < 1.29 is 0 Å². The number of rotatable bonds is 12. The van der Waals surface area contributed by atoms with Crippen LogP contribution in [0.15, 0.2) is 194 Å². The van der Waals surface area contributed by atoms with Crippen LogP contribution in [0.25, 0.3) is 33.4 Å². The molecular weight excluding hydrogens is 687 g/mol. The molecule has 0 aliphatic heterocycles. The molecule has 1 heteroatoms. The lowest BCUT2D eigenvalue weighted by Crippen LogP contribution is -2.02. The molecule has 280 valence electrons. The van der Waals surface area contributed by atoms with E-state index >= 15 is 0 Å². The normalized spacial score (nSPS) is 17.3. The van der Waals surface area contributed by atoms with Crippen LogP contribution in [-0.4, -0.2) is 5.71 Å². The minimum absolute atomic E-state index is 0.535. The minimum Gasteiger partial charge on any atom is -0.300 e. The van der Waals surface area contributed by atoms with Crippen LogP contribution in [0.4, 0.5) is 0 Å². The quantitative estimate of drug-likeness (QED) is 0.111. The molecule has 0 unspecified atom stereocenters. The average Bonchev–Trinajstić information content (AvgIpc) is 3.24. The standard InChI is InChI=1S/C56H51N/c1-6-10-14-21-42(7-2)45-28-36-49(37-29-45)55(50-38-32-47(33-39-50)44-22-15-12-11-13-16-23-44)40-43(8-3)46-30-34-48(35-31-46)51(9-4)54-26-18-17-24-52(54)41(5)53-25-19-20-27-56(53)57/h6,8-10,14-15,17-40,57H,1,7,11-12H2,2-5H3/b14-10-,22-15+,42-21+,43-8+,44-23+,51-9-,53-41+,55-40+,57-56?. The number of nitrogens with one attached hydrogen (secondary N) is 1. The molecule has 0 amide bonds. The predicted molar refractivity (Wildman–Crippen MR) is 250 cm³/mol. The van der Waals surface area contributed by atoms with E-state index < -0.39 is 0 Å². The summed E-state index contributed by atoms with van der Waals surface area (Å²) in [6.07, 6.45) is 31.8. The van der Waals surface area contributed by atoms with Crippen molar-refractivity contribution in [2.45, 2.75) is 47.0 Å². The van der Waals surface area contributed by atoms with Crippen molar-refractivity contribution in [3.8, 4) is 11.8 Å². The number of hydrogen-bond donors (Lipinski definition) is 1. The van der Waals surface area contributed by atoms with Crippen LogP contribution >= 0.6 is 0 Å². The summed E-state index contributed by atoms with van der Waals surface area (Å²) < 4.78 is 0. The molecular formula is C56H51N. The maximum atomic E-state index is 8.54. The highest BCUT2D eigenvalue weighted by atomic mass is 14.4. The third-order valence-corrected chi connectivity index (χ3v) is 10.5. The van der Waals surface area contributed by atoms with E-state index in [1.54, 1.807) is 6.08 Å². The van der Waals surface area contributed by atoms with Crippen LogP contribution in [-0.2, 0) is 0 Å². The zero-order valence-corrected chi connectivity index (χ0v) is 33.6. The molecule has 4 aromatic rings. The van der Waals surface area contributed by atoms with Crippen molar-refractivity contribution in [2.75, 3.05) is 0 Å². The molecule has 4 aromatic carbocycles. The van der Waals surface area contributed by atoms with Crippen molar-refractivity contribution in [1.29, 1.82) is 5.41 Å². The van der Waals surface area contributed by atoms with Crippen LogP contribution in [0.2, 0.25) is 0 Å². The zero-order chi connectivity index (χ0) is 40.0. The van der Waals surface area contributed by atoms with Gasteiger partial charge in [0.25, 0.3) is 0 Å². The maximum Gasteiger partial charge on any atom is 0.0615 e. The largest absolute Gasteiger partial charge is 0.300 e. The lowest BCUT2D eigenvalue weighted by molar-refractivity contribution is 1.08. The summed E-state index contributed by atoms with van der Waals surface area (Å²) in [4.78, 5) is 0. The molecule has 0 saturated heterocycles. The van der Waals surface area contributed by atoms with Gasteiger partial charge in [-0.3, -0.25) is 0 Å². The van der Waals surface area contributed by atoms with Gasteiger partial charge in [-0.05, 0) is 130 Å². The molecule has 0 radical (unpaired) electrons. The van der Waals surface area contributed by atoms with Gasteiger partial charge in [0.15, 0.2) is 0 Å². The molecule has 0 bridgehead atoms. The molecule has 0 saturated carbocycles. The number of allylic oxidation sites excluding steroid dienone is 19. The first-order valence-corrected chi connectivity index (χ1v) is 19.9. The summed E-state index contributed by atoms with van der Waals surface area (Å²) in [6.45, 7) is 12.3. The molecule has 6 rings (SSSR count). The van der Waals surface area contributed by atoms with Gasteiger partial charge >= 0.3 is 0 Å². The molecule has 2 aliphatic rings. The molecule has 0 spiro atoms. The molecule has 0 fully saturated rings. The van der Waals surface area contributed by atoms with Gasteiger partial charge < -0.3 is 5.41 Å². The van der Waals surface area contributed by atoms with Gasteiger partial charge in [-0.1, -0.05) is 189 Å². The second-order valence-electron chi connectivity index (χ2n) is 14.0. The van der Waals surface area contributed by atoms with Gasteiger partial charge in [0.2, 0.25) is 0 Å². The second kappa shape index (κ2) is 19.7. The molecule has 1 N–H and O–H groups in total. The number of hydrogen-bond acceptors (Lipinski definition) is 1. The summed E-state index contributed by atoms with van der Waals surface area (Å²) in [5, 5.41) is 8.54. The van der Waals surface area contributed by atoms with E-state index in [1.165, 1.54) is 11.1 Å². The smallest absolute Gasteiger partial charge is 0.0615 e. The zero-order valence-electron chi connectivity index (χ0n) is 33.6. The van der Waals surface area contributed by atoms with Crippen LogP contribution in [0.3, 0.4) is 0 Å². The van der Waals surface area contributed by atoms with Crippen LogP contribution in [0, 0.1) is 17.3 Å². The van der Waals surface area contributed by atoms with Crippen LogP contribution in [0.1, 0.15) is 91.5 Å². The van der Waals surface area contributed by atoms with Crippen molar-refractivity contribution in [1.82, 2.24) is 0 Å². The Morgan fingerprint density at radius 3 is 2.00 bits per heavy atom. The SMILES string of the molecule is C=C/C=C\C=C(/CC)c1ccc(/C(=C\C(=C/C)c2ccc(/C(=C/C)c3ccccc3/C(C)=C3\C=CC=CC3=N)cc2)c2ccc(C3=C/C#CCC\C=C\3)cc2)cc1. The fourth-order valence-electron chi connectivity index (χ4n) is 7.31. The van der Waals surface area contributed by atoms with Crippen molar-refractivity contribution in [3.05, 3.63) is 239 Å². The Hall–Kier alpha value is -6.75. The Morgan fingerprint density at radius 1 is 0.719 bits per heavy atom. The first-order valence-electron chi connectivity index (χ1n) is 19.9. The van der Waals surface area contributed by atoms with Crippen molar-refractivity contribution in [3.63, 3.8) is 0 Å². The third kappa shape index (κ3) is 9.74. The van der Waals surface area contributed by atoms with Gasteiger partial charge in [0, 0.05) is 12.0 Å². The molecule has 0 atom stereocenters. The van der Waals surface area contributed by atoms with Gasteiger partial charge in [0.1, 0.15) is 0 Å². The predicted octanol–water partition coefficient (Wildman–Crippen LogP) is 14.9. The Balaban J connectivity index is 1.37. The van der Waals surface area contributed by atoms with Crippen molar-refractivity contribution in [2.24, 2.45) is 0 Å². The van der Waals surface area contributed by atoms with E-state index in [0.29, 0.717) is 5.71 Å². The highest BCUT2D eigenvalue weighted by Gasteiger charge is 2.16. The van der Waals surface area contributed by atoms with E-state index in [9.17, 15) is 0 Å². The molecule has 0 heterocycles. The Bertz CT molecular complexity index is 2500. The monoisotopic (exact) mass is 737 g/mol. The highest BCUT2D eigenvalue weighted by Crippen LogP contribution is 2.35. The Labute approximate surface area is 340 Å². The first kappa shape index (κ1) is 39.9. The van der Waals surface area contributed by atoms with Crippen molar-refractivity contribution >= 4 is 39.2 Å².